The van der Waals surface area contributed by atoms with Crippen LogP contribution in [0.5, 0.6) is 5.88 Å². The maximum absolute atomic E-state index is 5.46. The summed E-state index contributed by atoms with van der Waals surface area (Å²) >= 11 is 1.83. The van der Waals surface area contributed by atoms with Crippen molar-refractivity contribution in [3.8, 4) is 16.3 Å². The second-order valence-corrected chi connectivity index (χ2v) is 9.70. The fraction of sp³-hybridized carbons (Fsp3) is 0.333. The highest BCUT2D eigenvalue weighted by molar-refractivity contribution is 7.22. The van der Waals surface area contributed by atoms with Crippen LogP contribution >= 0.6 is 11.3 Å². The Morgan fingerprint density at radius 1 is 1.00 bits per heavy atom. The number of nitrogens with zero attached hydrogens (tertiary/aromatic N) is 2. The van der Waals surface area contributed by atoms with E-state index in [0.717, 1.165) is 17.3 Å². The summed E-state index contributed by atoms with van der Waals surface area (Å²) in [4.78, 5) is 10.1. The second-order valence-electron chi connectivity index (χ2n) is 8.64. The number of hydrogen-bond acceptors (Lipinski definition) is 4. The standard InChI is InChI=1S/C24H26N2OS/c1-14-20-15(2)22(17-9-7-16(8-10-17)12-24(3,4)5)28-19(20)11-18-21(14)25-13-26-23(18)27-6/h7-11,13H,12H2,1-6H3. The van der Waals surface area contributed by atoms with Gasteiger partial charge in [0.15, 0.2) is 0 Å². The molecule has 0 bridgehead atoms. The van der Waals surface area contributed by atoms with E-state index in [-0.39, 0.29) is 0 Å². The summed E-state index contributed by atoms with van der Waals surface area (Å²) in [5.41, 5.74) is 6.44. The van der Waals surface area contributed by atoms with E-state index < -0.39 is 0 Å². The number of thiophene rings is 1. The summed E-state index contributed by atoms with van der Waals surface area (Å²) in [6.45, 7) is 11.2. The van der Waals surface area contributed by atoms with E-state index in [9.17, 15) is 0 Å². The van der Waals surface area contributed by atoms with Crippen molar-refractivity contribution in [3.05, 3.63) is 53.3 Å². The number of benzene rings is 2. The van der Waals surface area contributed by atoms with Gasteiger partial charge in [-0.1, -0.05) is 45.0 Å². The quantitative estimate of drug-likeness (QED) is 0.389. The van der Waals surface area contributed by atoms with Crippen molar-refractivity contribution in [1.29, 1.82) is 0 Å². The van der Waals surface area contributed by atoms with Gasteiger partial charge in [0, 0.05) is 15.0 Å². The first-order valence-electron chi connectivity index (χ1n) is 9.59. The Hall–Kier alpha value is -2.46. The maximum atomic E-state index is 5.46. The normalized spacial score (nSPS) is 12.1. The fourth-order valence-corrected chi connectivity index (χ4v) is 5.30. The van der Waals surface area contributed by atoms with Crippen molar-refractivity contribution in [1.82, 2.24) is 9.97 Å². The second kappa shape index (κ2) is 6.85. The zero-order valence-electron chi connectivity index (χ0n) is 17.4. The molecule has 3 nitrogen and oxygen atoms in total. The van der Waals surface area contributed by atoms with Gasteiger partial charge in [-0.15, -0.1) is 11.3 Å². The van der Waals surface area contributed by atoms with Crippen LogP contribution in [0.4, 0.5) is 0 Å². The van der Waals surface area contributed by atoms with E-state index in [1.54, 1.807) is 13.4 Å². The van der Waals surface area contributed by atoms with Gasteiger partial charge in [0.25, 0.3) is 0 Å². The van der Waals surface area contributed by atoms with Crippen molar-refractivity contribution in [3.63, 3.8) is 0 Å². The number of aromatic nitrogens is 2. The smallest absolute Gasteiger partial charge is 0.224 e. The molecule has 0 unspecified atom stereocenters. The lowest BCUT2D eigenvalue weighted by Gasteiger charge is -2.18. The molecule has 0 saturated carbocycles. The molecule has 4 rings (SSSR count). The minimum atomic E-state index is 0.298. The summed E-state index contributed by atoms with van der Waals surface area (Å²) < 4.78 is 6.71. The average Bonchev–Trinajstić information content (AvgIpc) is 2.97. The molecule has 0 aliphatic carbocycles. The lowest BCUT2D eigenvalue weighted by molar-refractivity contribution is 0.402. The molecular formula is C24H26N2OS. The van der Waals surface area contributed by atoms with Gasteiger partial charge in [-0.3, -0.25) is 0 Å². The molecule has 0 spiro atoms. The minimum Gasteiger partial charge on any atom is -0.480 e. The van der Waals surface area contributed by atoms with Gasteiger partial charge >= 0.3 is 0 Å². The van der Waals surface area contributed by atoms with E-state index in [1.807, 2.05) is 11.3 Å². The molecule has 2 aromatic heterocycles. The van der Waals surface area contributed by atoms with E-state index in [0.29, 0.717) is 11.3 Å². The van der Waals surface area contributed by atoms with Crippen LogP contribution in [0.15, 0.2) is 36.7 Å². The highest BCUT2D eigenvalue weighted by atomic mass is 32.1. The number of methoxy groups -OCH3 is 1. The monoisotopic (exact) mass is 390 g/mol. The van der Waals surface area contributed by atoms with Crippen LogP contribution in [0, 0.1) is 19.3 Å². The van der Waals surface area contributed by atoms with Crippen molar-refractivity contribution >= 4 is 32.3 Å². The average molecular weight is 391 g/mol. The highest BCUT2D eigenvalue weighted by Gasteiger charge is 2.17. The molecule has 28 heavy (non-hydrogen) atoms. The van der Waals surface area contributed by atoms with Crippen LogP contribution in [0.2, 0.25) is 0 Å². The van der Waals surface area contributed by atoms with Crippen LogP contribution in [-0.4, -0.2) is 17.1 Å². The molecule has 0 aliphatic heterocycles. The lowest BCUT2D eigenvalue weighted by atomic mass is 9.88. The SMILES string of the molecule is COc1ncnc2c(C)c3c(C)c(-c4ccc(CC(C)(C)C)cc4)sc3cc12. The van der Waals surface area contributed by atoms with Gasteiger partial charge in [-0.2, -0.15) is 0 Å². The van der Waals surface area contributed by atoms with Crippen LogP contribution in [0.1, 0.15) is 37.5 Å². The Balaban J connectivity index is 1.86. The Bertz CT molecular complexity index is 1170. The largest absolute Gasteiger partial charge is 0.480 e. The summed E-state index contributed by atoms with van der Waals surface area (Å²) in [5, 5.41) is 2.27. The summed E-state index contributed by atoms with van der Waals surface area (Å²) in [5.74, 6) is 0.633. The molecule has 0 aliphatic rings. The summed E-state index contributed by atoms with van der Waals surface area (Å²) in [6, 6.07) is 11.2. The van der Waals surface area contributed by atoms with Gasteiger partial charge in [-0.05, 0) is 54.0 Å². The Labute approximate surface area is 170 Å². The molecule has 0 amide bonds. The number of fused-ring (bicyclic) bond motifs is 2. The maximum Gasteiger partial charge on any atom is 0.224 e. The third-order valence-electron chi connectivity index (χ3n) is 5.17. The predicted octanol–water partition coefficient (Wildman–Crippen LogP) is 6.73. The van der Waals surface area contributed by atoms with Crippen LogP contribution in [-0.2, 0) is 6.42 Å². The third-order valence-corrected chi connectivity index (χ3v) is 6.46. The molecule has 0 radical (unpaired) electrons. The first-order chi connectivity index (χ1) is 13.3. The lowest BCUT2D eigenvalue weighted by Crippen LogP contribution is -2.08. The Kier molecular flexibility index (Phi) is 4.62. The van der Waals surface area contributed by atoms with Crippen LogP contribution < -0.4 is 4.74 Å². The molecule has 2 aromatic carbocycles. The molecule has 0 atom stereocenters. The molecule has 2 heterocycles. The number of rotatable bonds is 3. The van der Waals surface area contributed by atoms with Crippen molar-refractivity contribution in [2.24, 2.45) is 5.41 Å². The first kappa shape index (κ1) is 18.9. The summed E-state index contributed by atoms with van der Waals surface area (Å²) in [7, 11) is 1.66. The third kappa shape index (κ3) is 3.26. The van der Waals surface area contributed by atoms with E-state index in [2.05, 4.69) is 74.9 Å². The van der Waals surface area contributed by atoms with Gasteiger partial charge in [0.05, 0.1) is 18.0 Å². The number of hydrogen-bond donors (Lipinski definition) is 0. The number of ether oxygens (including phenoxy) is 1. The zero-order chi connectivity index (χ0) is 20.1. The molecule has 144 valence electrons. The number of aryl methyl sites for hydroxylation is 2. The zero-order valence-corrected chi connectivity index (χ0v) is 18.2. The van der Waals surface area contributed by atoms with E-state index in [4.69, 9.17) is 4.74 Å². The molecule has 4 aromatic rings. The first-order valence-corrected chi connectivity index (χ1v) is 10.4. The van der Waals surface area contributed by atoms with Gasteiger partial charge < -0.3 is 4.74 Å². The van der Waals surface area contributed by atoms with Crippen molar-refractivity contribution < 1.29 is 4.74 Å². The molecule has 0 saturated heterocycles. The molecule has 0 fully saturated rings. The topological polar surface area (TPSA) is 35.0 Å². The summed E-state index contributed by atoms with van der Waals surface area (Å²) in [6.07, 6.45) is 2.66. The van der Waals surface area contributed by atoms with Crippen LogP contribution in [0.3, 0.4) is 0 Å². The van der Waals surface area contributed by atoms with E-state index >= 15 is 0 Å². The van der Waals surface area contributed by atoms with Crippen molar-refractivity contribution in [2.45, 2.75) is 41.0 Å². The minimum absolute atomic E-state index is 0.298. The highest BCUT2D eigenvalue weighted by Crippen LogP contribution is 2.42. The predicted molar refractivity (Wildman–Crippen MR) is 120 cm³/mol. The molecule has 4 heteroatoms. The molecular weight excluding hydrogens is 364 g/mol. The molecule has 0 N–H and O–H groups in total. The van der Waals surface area contributed by atoms with Crippen molar-refractivity contribution in [2.75, 3.05) is 7.11 Å². The van der Waals surface area contributed by atoms with Gasteiger partial charge in [-0.25, -0.2) is 9.97 Å². The Morgan fingerprint density at radius 2 is 1.71 bits per heavy atom. The van der Waals surface area contributed by atoms with Gasteiger partial charge in [0.1, 0.15) is 6.33 Å². The fourth-order valence-electron chi connectivity index (χ4n) is 3.99. The van der Waals surface area contributed by atoms with Gasteiger partial charge in [0.2, 0.25) is 5.88 Å². The van der Waals surface area contributed by atoms with Crippen LogP contribution in [0.25, 0.3) is 31.4 Å². The van der Waals surface area contributed by atoms with E-state index in [1.165, 1.54) is 37.2 Å². The Morgan fingerprint density at radius 3 is 2.36 bits per heavy atom.